The quantitative estimate of drug-likeness (QED) is 0.779. The van der Waals surface area contributed by atoms with Crippen LogP contribution in [0.4, 0.5) is 5.13 Å². The Labute approximate surface area is 112 Å². The van der Waals surface area contributed by atoms with Crippen LogP contribution < -0.4 is 5.32 Å². The highest BCUT2D eigenvalue weighted by Crippen LogP contribution is 2.39. The molecule has 3 heterocycles. The van der Waals surface area contributed by atoms with Crippen molar-refractivity contribution < 1.29 is 19.4 Å². The van der Waals surface area contributed by atoms with E-state index in [9.17, 15) is 14.7 Å². The number of amides is 1. The third kappa shape index (κ3) is 2.02. The smallest absolute Gasteiger partial charge is 0.310 e. The third-order valence-corrected chi connectivity index (χ3v) is 4.00. The van der Waals surface area contributed by atoms with Gasteiger partial charge in [-0.15, -0.1) is 10.2 Å². The molecular formula is C11H11N3O4S. The molecule has 2 N–H and O–H groups in total. The fourth-order valence-electron chi connectivity index (χ4n) is 2.45. The molecule has 19 heavy (non-hydrogen) atoms. The fraction of sp³-hybridized carbons (Fsp3) is 0.455. The molecule has 1 amide bonds. The molecule has 1 aromatic rings. The number of rotatable bonds is 3. The van der Waals surface area contributed by atoms with E-state index in [4.69, 9.17) is 4.74 Å². The van der Waals surface area contributed by atoms with Gasteiger partial charge in [0.1, 0.15) is 10.9 Å². The average Bonchev–Trinajstić information content (AvgIpc) is 3.03. The normalized spacial score (nSPS) is 31.6. The van der Waals surface area contributed by atoms with Crippen molar-refractivity contribution in [3.8, 4) is 0 Å². The summed E-state index contributed by atoms with van der Waals surface area (Å²) in [5.74, 6) is -2.98. The van der Waals surface area contributed by atoms with Gasteiger partial charge in [-0.2, -0.15) is 0 Å². The molecule has 1 saturated heterocycles. The van der Waals surface area contributed by atoms with Gasteiger partial charge >= 0.3 is 5.97 Å². The number of aromatic nitrogens is 2. The van der Waals surface area contributed by atoms with Crippen molar-refractivity contribution in [3.05, 3.63) is 17.2 Å². The van der Waals surface area contributed by atoms with E-state index in [-0.39, 0.29) is 5.91 Å². The molecule has 0 aromatic carbocycles. The number of aliphatic carboxylic acids is 1. The Hall–Kier alpha value is -1.80. The molecule has 1 aromatic heterocycles. The minimum Gasteiger partial charge on any atom is -0.481 e. The first-order chi connectivity index (χ1) is 9.06. The second kappa shape index (κ2) is 4.39. The van der Waals surface area contributed by atoms with Crippen LogP contribution in [0.25, 0.3) is 0 Å². The lowest BCUT2D eigenvalue weighted by Gasteiger charge is -2.20. The molecule has 0 spiro atoms. The van der Waals surface area contributed by atoms with E-state index in [0.717, 1.165) is 5.01 Å². The van der Waals surface area contributed by atoms with Gasteiger partial charge in [0.2, 0.25) is 11.0 Å². The maximum Gasteiger partial charge on any atom is 0.310 e. The van der Waals surface area contributed by atoms with Gasteiger partial charge in [0.15, 0.2) is 0 Å². The van der Waals surface area contributed by atoms with E-state index in [0.29, 0.717) is 5.13 Å². The van der Waals surface area contributed by atoms with Crippen LogP contribution in [0.5, 0.6) is 0 Å². The number of carbonyl (C=O) groups is 2. The summed E-state index contributed by atoms with van der Waals surface area (Å²) >= 11 is 1.24. The van der Waals surface area contributed by atoms with Gasteiger partial charge in [-0.3, -0.25) is 9.59 Å². The standard InChI is InChI=1S/C11H11N3O4S/c1-4-13-14-11(19-4)12-9(15)7-5-2-3-6(18-5)8(7)10(16)17/h2-3,5-8H,1H3,(H,16,17)(H,12,14,15)/t5-,6-,7-,8+/m1/s1. The molecule has 0 saturated carbocycles. The molecule has 7 nitrogen and oxygen atoms in total. The number of aryl methyl sites for hydroxylation is 1. The number of nitrogens with zero attached hydrogens (tertiary/aromatic N) is 2. The van der Waals surface area contributed by atoms with E-state index >= 15 is 0 Å². The lowest BCUT2D eigenvalue weighted by Crippen LogP contribution is -2.39. The number of fused-ring (bicyclic) bond motifs is 2. The first-order valence-electron chi connectivity index (χ1n) is 5.74. The van der Waals surface area contributed by atoms with Crippen molar-refractivity contribution in [2.75, 3.05) is 5.32 Å². The van der Waals surface area contributed by atoms with Crippen LogP contribution >= 0.6 is 11.3 Å². The Bertz CT molecular complexity index is 570. The van der Waals surface area contributed by atoms with E-state index in [1.54, 1.807) is 19.1 Å². The zero-order chi connectivity index (χ0) is 13.6. The summed E-state index contributed by atoms with van der Waals surface area (Å²) in [5, 5.41) is 20.5. The minimum atomic E-state index is -1.02. The number of anilines is 1. The van der Waals surface area contributed by atoms with Crippen molar-refractivity contribution in [1.29, 1.82) is 0 Å². The third-order valence-electron chi connectivity index (χ3n) is 3.24. The Balaban J connectivity index is 1.79. The number of nitrogens with one attached hydrogen (secondary N) is 1. The lowest BCUT2D eigenvalue weighted by atomic mass is 9.82. The Kier molecular flexibility index (Phi) is 2.83. The van der Waals surface area contributed by atoms with Crippen LogP contribution in [0.2, 0.25) is 0 Å². The van der Waals surface area contributed by atoms with Crippen LogP contribution in [0.3, 0.4) is 0 Å². The van der Waals surface area contributed by atoms with Gasteiger partial charge in [0, 0.05) is 0 Å². The number of hydrogen-bond donors (Lipinski definition) is 2. The average molecular weight is 281 g/mol. The molecule has 0 aliphatic carbocycles. The number of carboxylic acid groups (broad SMARTS) is 1. The number of ether oxygens (including phenoxy) is 1. The van der Waals surface area contributed by atoms with Crippen LogP contribution in [0.15, 0.2) is 12.2 Å². The van der Waals surface area contributed by atoms with Crippen molar-refractivity contribution in [3.63, 3.8) is 0 Å². The van der Waals surface area contributed by atoms with E-state index in [1.165, 1.54) is 11.3 Å². The molecule has 8 heteroatoms. The number of carbonyl (C=O) groups excluding carboxylic acids is 1. The Morgan fingerprint density at radius 1 is 1.32 bits per heavy atom. The lowest BCUT2D eigenvalue weighted by molar-refractivity contribution is -0.145. The molecule has 3 rings (SSSR count). The molecule has 4 atom stereocenters. The SMILES string of the molecule is Cc1nnc(NC(=O)[C@H]2[C@@H](C(=O)O)[C@H]3C=C[C@H]2O3)s1. The highest BCUT2D eigenvalue weighted by molar-refractivity contribution is 7.15. The largest absolute Gasteiger partial charge is 0.481 e. The van der Waals surface area contributed by atoms with E-state index in [2.05, 4.69) is 15.5 Å². The van der Waals surface area contributed by atoms with Crippen molar-refractivity contribution in [2.24, 2.45) is 11.8 Å². The number of hydrogen-bond acceptors (Lipinski definition) is 6. The summed E-state index contributed by atoms with van der Waals surface area (Å²) in [6.07, 6.45) is 2.44. The summed E-state index contributed by atoms with van der Waals surface area (Å²) in [4.78, 5) is 23.4. The summed E-state index contributed by atoms with van der Waals surface area (Å²) in [5.41, 5.74) is 0. The Morgan fingerprint density at radius 2 is 2.00 bits per heavy atom. The summed E-state index contributed by atoms with van der Waals surface area (Å²) in [6, 6.07) is 0. The second-order valence-corrected chi connectivity index (χ2v) is 5.64. The zero-order valence-electron chi connectivity index (χ0n) is 9.94. The second-order valence-electron chi connectivity index (χ2n) is 4.46. The van der Waals surface area contributed by atoms with Gasteiger partial charge in [0.25, 0.3) is 0 Å². The summed E-state index contributed by atoms with van der Waals surface area (Å²) < 4.78 is 5.44. The fourth-order valence-corrected chi connectivity index (χ4v) is 3.05. The maximum atomic E-state index is 12.2. The van der Waals surface area contributed by atoms with Gasteiger partial charge in [0.05, 0.1) is 18.1 Å². The maximum absolute atomic E-state index is 12.2. The van der Waals surface area contributed by atoms with Crippen molar-refractivity contribution in [1.82, 2.24) is 10.2 Å². The van der Waals surface area contributed by atoms with Gasteiger partial charge in [-0.25, -0.2) is 0 Å². The molecule has 2 aliphatic rings. The summed E-state index contributed by atoms with van der Waals surface area (Å²) in [7, 11) is 0. The zero-order valence-corrected chi connectivity index (χ0v) is 10.8. The number of carboxylic acids is 1. The van der Waals surface area contributed by atoms with Crippen LogP contribution in [0, 0.1) is 18.8 Å². The monoisotopic (exact) mass is 281 g/mol. The van der Waals surface area contributed by atoms with Gasteiger partial charge < -0.3 is 15.2 Å². The molecule has 0 radical (unpaired) electrons. The Morgan fingerprint density at radius 3 is 2.58 bits per heavy atom. The van der Waals surface area contributed by atoms with Gasteiger partial charge in [-0.05, 0) is 6.92 Å². The van der Waals surface area contributed by atoms with E-state index in [1.807, 2.05) is 0 Å². The minimum absolute atomic E-state index is 0.374. The highest BCUT2D eigenvalue weighted by Gasteiger charge is 2.53. The summed E-state index contributed by atoms with van der Waals surface area (Å²) in [6.45, 7) is 1.77. The highest BCUT2D eigenvalue weighted by atomic mass is 32.1. The molecule has 0 unspecified atom stereocenters. The molecule has 1 fully saturated rings. The molecule has 100 valence electrons. The first kappa shape index (κ1) is 12.2. The van der Waals surface area contributed by atoms with Crippen LogP contribution in [-0.4, -0.2) is 39.4 Å². The van der Waals surface area contributed by atoms with Crippen molar-refractivity contribution >= 4 is 28.3 Å². The van der Waals surface area contributed by atoms with Crippen LogP contribution in [0.1, 0.15) is 5.01 Å². The predicted molar refractivity (Wildman–Crippen MR) is 65.7 cm³/mol. The molecule has 2 aliphatic heterocycles. The predicted octanol–water partition coefficient (Wildman–Crippen LogP) is 0.439. The van der Waals surface area contributed by atoms with Gasteiger partial charge in [-0.1, -0.05) is 23.5 Å². The molecular weight excluding hydrogens is 270 g/mol. The molecule has 2 bridgehead atoms. The van der Waals surface area contributed by atoms with E-state index < -0.39 is 30.0 Å². The van der Waals surface area contributed by atoms with Crippen molar-refractivity contribution in [2.45, 2.75) is 19.1 Å². The van der Waals surface area contributed by atoms with Crippen LogP contribution in [-0.2, 0) is 14.3 Å². The first-order valence-corrected chi connectivity index (χ1v) is 6.55. The topological polar surface area (TPSA) is 101 Å².